The van der Waals surface area contributed by atoms with Crippen LogP contribution in [0.1, 0.15) is 44.4 Å². The number of nitrogens with one attached hydrogen (secondary N) is 3. The van der Waals surface area contributed by atoms with Gasteiger partial charge in [-0.15, -0.1) is 24.0 Å². The summed E-state index contributed by atoms with van der Waals surface area (Å²) in [5.74, 6) is 0.763. The van der Waals surface area contributed by atoms with E-state index in [1.54, 1.807) is 0 Å². The van der Waals surface area contributed by atoms with Gasteiger partial charge < -0.3 is 20.7 Å². The van der Waals surface area contributed by atoms with Crippen LogP contribution >= 0.6 is 24.0 Å². The van der Waals surface area contributed by atoms with Gasteiger partial charge in [0.1, 0.15) is 0 Å². The highest BCUT2D eigenvalue weighted by Crippen LogP contribution is 2.15. The summed E-state index contributed by atoms with van der Waals surface area (Å²) < 4.78 is 5.91. The number of rotatable bonds is 11. The molecule has 0 saturated heterocycles. The smallest absolute Gasteiger partial charge is 0.221 e. The highest BCUT2D eigenvalue weighted by atomic mass is 127. The number of amides is 1. The summed E-state index contributed by atoms with van der Waals surface area (Å²) in [5.41, 5.74) is 3.22. The number of aliphatic imine (C=N–C) groups is 1. The number of benzene rings is 2. The maximum atomic E-state index is 11.1. The number of guanidine groups is 1. The van der Waals surface area contributed by atoms with Gasteiger partial charge in [0, 0.05) is 38.9 Å². The highest BCUT2D eigenvalue weighted by Gasteiger charge is 2.04. The normalized spacial score (nSPS) is 11.9. The maximum absolute atomic E-state index is 11.1. The fraction of sp³-hybridized carbons (Fsp3) is 0.417. The second kappa shape index (κ2) is 15.6. The van der Waals surface area contributed by atoms with Gasteiger partial charge in [0.25, 0.3) is 0 Å². The van der Waals surface area contributed by atoms with Crippen LogP contribution in [-0.2, 0) is 16.0 Å². The second-order valence-corrected chi connectivity index (χ2v) is 7.09. The molecule has 1 atom stereocenters. The average Bonchev–Trinajstić information content (AvgIpc) is 2.74. The quantitative estimate of drug-likeness (QED) is 0.170. The van der Waals surface area contributed by atoms with Gasteiger partial charge in [-0.05, 0) is 49.9 Å². The fourth-order valence-corrected chi connectivity index (χ4v) is 2.96. The first kappa shape index (κ1) is 26.9. The summed E-state index contributed by atoms with van der Waals surface area (Å²) in [6.07, 6.45) is 1.85. The number of anilines is 1. The molecule has 6 nitrogen and oxygen atoms in total. The Hall–Kier alpha value is -2.13. The predicted octanol–water partition coefficient (Wildman–Crippen LogP) is 4.53. The SMILES string of the molecule is CCNC(=NCCCOC(C)c1ccccc1)NCCc1ccc(NC(C)=O)cc1.I. The van der Waals surface area contributed by atoms with Crippen LogP contribution in [0.4, 0.5) is 5.69 Å². The Morgan fingerprint density at radius 2 is 1.77 bits per heavy atom. The first-order valence-corrected chi connectivity index (χ1v) is 10.6. The number of nitrogens with zero attached hydrogens (tertiary/aromatic N) is 1. The lowest BCUT2D eigenvalue weighted by molar-refractivity contribution is -0.114. The van der Waals surface area contributed by atoms with Crippen molar-refractivity contribution in [2.24, 2.45) is 4.99 Å². The van der Waals surface area contributed by atoms with E-state index in [2.05, 4.69) is 46.9 Å². The van der Waals surface area contributed by atoms with Crippen molar-refractivity contribution in [1.29, 1.82) is 0 Å². The molecule has 7 heteroatoms. The monoisotopic (exact) mass is 538 g/mol. The molecule has 1 unspecified atom stereocenters. The van der Waals surface area contributed by atoms with Gasteiger partial charge in [-0.2, -0.15) is 0 Å². The molecule has 0 aliphatic rings. The first-order valence-electron chi connectivity index (χ1n) is 10.6. The van der Waals surface area contributed by atoms with Crippen LogP contribution in [-0.4, -0.2) is 38.1 Å². The molecule has 0 aliphatic heterocycles. The highest BCUT2D eigenvalue weighted by molar-refractivity contribution is 14.0. The average molecular weight is 538 g/mol. The summed E-state index contributed by atoms with van der Waals surface area (Å²) in [5, 5.41) is 9.42. The third-order valence-corrected chi connectivity index (χ3v) is 4.53. The molecule has 31 heavy (non-hydrogen) atoms. The Morgan fingerprint density at radius 1 is 1.06 bits per heavy atom. The molecular formula is C24H35IN4O2. The first-order chi connectivity index (χ1) is 14.6. The molecule has 3 N–H and O–H groups in total. The Kier molecular flexibility index (Phi) is 13.6. The molecule has 2 aromatic rings. The van der Waals surface area contributed by atoms with E-state index in [9.17, 15) is 4.79 Å². The van der Waals surface area contributed by atoms with Crippen molar-refractivity contribution in [3.05, 3.63) is 65.7 Å². The van der Waals surface area contributed by atoms with Crippen LogP contribution in [0.5, 0.6) is 0 Å². The van der Waals surface area contributed by atoms with Gasteiger partial charge in [0.05, 0.1) is 6.10 Å². The van der Waals surface area contributed by atoms with Gasteiger partial charge >= 0.3 is 0 Å². The van der Waals surface area contributed by atoms with E-state index in [0.717, 1.165) is 37.6 Å². The fourth-order valence-electron chi connectivity index (χ4n) is 2.96. The summed E-state index contributed by atoms with van der Waals surface area (Å²) in [6, 6.07) is 18.2. The standard InChI is InChI=1S/C24H34N4O2.HI/c1-4-25-24(26-16-8-18-30-19(2)22-9-6-5-7-10-22)27-17-15-21-11-13-23(14-12-21)28-20(3)29;/h5-7,9-14,19H,4,8,15-18H2,1-3H3,(H,28,29)(H2,25,26,27);1H. The van der Waals surface area contributed by atoms with Crippen LogP contribution in [0, 0.1) is 0 Å². The minimum Gasteiger partial charge on any atom is -0.374 e. The zero-order valence-corrected chi connectivity index (χ0v) is 21.0. The van der Waals surface area contributed by atoms with Crippen LogP contribution in [0.25, 0.3) is 0 Å². The van der Waals surface area contributed by atoms with Gasteiger partial charge in [-0.1, -0.05) is 42.5 Å². The van der Waals surface area contributed by atoms with E-state index in [1.165, 1.54) is 18.1 Å². The lowest BCUT2D eigenvalue weighted by Gasteiger charge is -2.14. The van der Waals surface area contributed by atoms with E-state index >= 15 is 0 Å². The lowest BCUT2D eigenvalue weighted by Crippen LogP contribution is -2.38. The number of carbonyl (C=O) groups excluding carboxylic acids is 1. The van der Waals surface area contributed by atoms with Crippen molar-refractivity contribution < 1.29 is 9.53 Å². The summed E-state index contributed by atoms with van der Waals surface area (Å²) >= 11 is 0. The number of hydrogen-bond donors (Lipinski definition) is 3. The minimum atomic E-state index is -0.0594. The topological polar surface area (TPSA) is 74.8 Å². The molecular weight excluding hydrogens is 503 g/mol. The largest absolute Gasteiger partial charge is 0.374 e. The minimum absolute atomic E-state index is 0. The number of hydrogen-bond acceptors (Lipinski definition) is 3. The predicted molar refractivity (Wildman–Crippen MR) is 139 cm³/mol. The molecule has 2 aromatic carbocycles. The van der Waals surface area contributed by atoms with Crippen molar-refractivity contribution in [3.63, 3.8) is 0 Å². The molecule has 170 valence electrons. The van der Waals surface area contributed by atoms with Crippen LogP contribution in [0.15, 0.2) is 59.6 Å². The van der Waals surface area contributed by atoms with Crippen molar-refractivity contribution in [3.8, 4) is 0 Å². The van der Waals surface area contributed by atoms with Gasteiger partial charge in [0.15, 0.2) is 5.96 Å². The van der Waals surface area contributed by atoms with Gasteiger partial charge in [0.2, 0.25) is 5.91 Å². The Balaban J connectivity index is 0.00000480. The lowest BCUT2D eigenvalue weighted by atomic mass is 10.1. The molecule has 0 aliphatic carbocycles. The molecule has 0 fully saturated rings. The van der Waals surface area contributed by atoms with Crippen LogP contribution in [0.2, 0.25) is 0 Å². The number of ether oxygens (including phenoxy) is 1. The molecule has 1 amide bonds. The van der Waals surface area contributed by atoms with Crippen molar-refractivity contribution in [2.75, 3.05) is 31.6 Å². The summed E-state index contributed by atoms with van der Waals surface area (Å²) in [7, 11) is 0. The molecule has 0 radical (unpaired) electrons. The second-order valence-electron chi connectivity index (χ2n) is 7.09. The molecule has 0 bridgehead atoms. The zero-order valence-electron chi connectivity index (χ0n) is 18.7. The Labute approximate surface area is 203 Å². The van der Waals surface area contributed by atoms with Crippen LogP contribution < -0.4 is 16.0 Å². The molecule has 0 spiro atoms. The Morgan fingerprint density at radius 3 is 2.42 bits per heavy atom. The Bertz CT molecular complexity index is 782. The van der Waals surface area contributed by atoms with E-state index in [0.29, 0.717) is 13.2 Å². The van der Waals surface area contributed by atoms with Gasteiger partial charge in [-0.3, -0.25) is 9.79 Å². The maximum Gasteiger partial charge on any atom is 0.221 e. The van der Waals surface area contributed by atoms with Crippen LogP contribution in [0.3, 0.4) is 0 Å². The zero-order chi connectivity index (χ0) is 21.6. The van der Waals surface area contributed by atoms with Crippen molar-refractivity contribution in [1.82, 2.24) is 10.6 Å². The van der Waals surface area contributed by atoms with Gasteiger partial charge in [-0.25, -0.2) is 0 Å². The molecule has 0 saturated carbocycles. The van der Waals surface area contributed by atoms with E-state index in [-0.39, 0.29) is 36.0 Å². The third-order valence-electron chi connectivity index (χ3n) is 4.53. The summed E-state index contributed by atoms with van der Waals surface area (Å²) in [4.78, 5) is 15.7. The molecule has 0 heterocycles. The van der Waals surface area contributed by atoms with E-state index in [4.69, 9.17) is 4.74 Å². The number of carbonyl (C=O) groups is 1. The third kappa shape index (κ3) is 11.2. The van der Waals surface area contributed by atoms with E-state index < -0.39 is 0 Å². The van der Waals surface area contributed by atoms with E-state index in [1.807, 2.05) is 42.5 Å². The van der Waals surface area contributed by atoms with Crippen molar-refractivity contribution >= 4 is 41.5 Å². The molecule has 0 aromatic heterocycles. The summed E-state index contributed by atoms with van der Waals surface area (Å²) in [6.45, 7) is 8.64. The molecule has 2 rings (SSSR count). The van der Waals surface area contributed by atoms with Crippen molar-refractivity contribution in [2.45, 2.75) is 39.7 Å². The number of halogens is 1.